The van der Waals surface area contributed by atoms with E-state index in [0.717, 1.165) is 30.8 Å². The number of carbonyl (C=O) groups excluding carboxylic acids is 2. The highest BCUT2D eigenvalue weighted by atomic mass is 16.5. The zero-order chi connectivity index (χ0) is 25.6. The molecule has 0 radical (unpaired) electrons. The average molecular weight is 502 g/mol. The number of aryl methyl sites for hydroxylation is 1. The van der Waals surface area contributed by atoms with Crippen LogP contribution in [-0.2, 0) is 9.47 Å². The monoisotopic (exact) mass is 501 g/mol. The lowest BCUT2D eigenvalue weighted by Crippen LogP contribution is -2.36. The summed E-state index contributed by atoms with van der Waals surface area (Å²) in [5.41, 5.74) is 4.21. The molecule has 3 aromatic rings. The van der Waals surface area contributed by atoms with Gasteiger partial charge >= 0.3 is 0 Å². The van der Waals surface area contributed by atoms with E-state index in [1.165, 1.54) is 0 Å². The first-order valence-corrected chi connectivity index (χ1v) is 12.6. The van der Waals surface area contributed by atoms with Gasteiger partial charge in [0.15, 0.2) is 0 Å². The number of hydrogen-bond donors (Lipinski definition) is 2. The van der Waals surface area contributed by atoms with Crippen LogP contribution >= 0.6 is 0 Å². The first-order valence-electron chi connectivity index (χ1n) is 12.6. The van der Waals surface area contributed by atoms with E-state index in [4.69, 9.17) is 14.2 Å². The van der Waals surface area contributed by atoms with Crippen LogP contribution in [0.4, 0.5) is 17.1 Å². The number of anilines is 3. The predicted octanol–water partition coefficient (Wildman–Crippen LogP) is 4.50. The maximum absolute atomic E-state index is 13.0. The smallest absolute Gasteiger partial charge is 0.255 e. The molecule has 2 saturated heterocycles. The van der Waals surface area contributed by atoms with Crippen LogP contribution < -0.4 is 20.3 Å². The van der Waals surface area contributed by atoms with Crippen LogP contribution in [0.3, 0.4) is 0 Å². The number of carbonyl (C=O) groups is 2. The first-order chi connectivity index (χ1) is 18.0. The third-order valence-corrected chi connectivity index (χ3v) is 6.54. The summed E-state index contributed by atoms with van der Waals surface area (Å²) in [6.07, 6.45) is 0.926. The average Bonchev–Trinajstić information content (AvgIpc) is 3.44. The molecule has 0 spiro atoms. The minimum Gasteiger partial charge on any atom is -0.488 e. The summed E-state index contributed by atoms with van der Waals surface area (Å²) in [4.78, 5) is 28.1. The van der Waals surface area contributed by atoms with Gasteiger partial charge in [-0.25, -0.2) is 0 Å². The number of benzene rings is 3. The van der Waals surface area contributed by atoms with E-state index >= 15 is 0 Å². The standard InChI is InChI=1S/C29H31N3O5/c1-20-5-8-23(30-29(34)22-3-2-4-24(17-22)32-12-15-35-16-13-32)18-27(20)31-28(33)21-6-9-25(10-7-21)37-26-11-14-36-19-26/h2-10,17-18,26H,11-16,19H2,1H3,(H,30,34)(H,31,33). The molecule has 37 heavy (non-hydrogen) atoms. The van der Waals surface area contributed by atoms with Gasteiger partial charge in [0.25, 0.3) is 11.8 Å². The fourth-order valence-corrected chi connectivity index (χ4v) is 4.38. The van der Waals surface area contributed by atoms with Gasteiger partial charge in [0.1, 0.15) is 11.9 Å². The Morgan fingerprint density at radius 1 is 0.865 bits per heavy atom. The highest BCUT2D eigenvalue weighted by Crippen LogP contribution is 2.24. The van der Waals surface area contributed by atoms with E-state index in [9.17, 15) is 9.59 Å². The molecule has 1 unspecified atom stereocenters. The molecule has 0 aliphatic carbocycles. The molecule has 5 rings (SSSR count). The van der Waals surface area contributed by atoms with Crippen LogP contribution in [0.5, 0.6) is 5.75 Å². The van der Waals surface area contributed by atoms with Gasteiger partial charge in [0, 0.05) is 47.7 Å². The van der Waals surface area contributed by atoms with Gasteiger partial charge in [0.2, 0.25) is 0 Å². The van der Waals surface area contributed by atoms with Crippen molar-refractivity contribution in [3.05, 3.63) is 83.4 Å². The Kier molecular flexibility index (Phi) is 7.67. The molecule has 0 bridgehead atoms. The molecule has 1 atom stereocenters. The molecule has 192 valence electrons. The van der Waals surface area contributed by atoms with Crippen molar-refractivity contribution in [2.75, 3.05) is 55.1 Å². The minimum absolute atomic E-state index is 0.0575. The van der Waals surface area contributed by atoms with Crippen LogP contribution in [0.15, 0.2) is 66.7 Å². The minimum atomic E-state index is -0.236. The summed E-state index contributed by atoms with van der Waals surface area (Å²) in [5.74, 6) is 0.269. The number of nitrogens with zero attached hydrogens (tertiary/aromatic N) is 1. The van der Waals surface area contributed by atoms with E-state index in [-0.39, 0.29) is 17.9 Å². The van der Waals surface area contributed by atoms with Crippen molar-refractivity contribution in [3.8, 4) is 5.75 Å². The van der Waals surface area contributed by atoms with Crippen LogP contribution in [0.25, 0.3) is 0 Å². The highest BCUT2D eigenvalue weighted by molar-refractivity contribution is 6.07. The summed E-state index contributed by atoms with van der Waals surface area (Å²) in [5, 5.41) is 5.91. The third-order valence-electron chi connectivity index (χ3n) is 6.54. The maximum atomic E-state index is 13.0. The van der Waals surface area contributed by atoms with Crippen molar-refractivity contribution in [3.63, 3.8) is 0 Å². The molecule has 2 fully saturated rings. The van der Waals surface area contributed by atoms with Gasteiger partial charge in [-0.15, -0.1) is 0 Å². The predicted molar refractivity (Wildman–Crippen MR) is 143 cm³/mol. The molecule has 0 saturated carbocycles. The largest absolute Gasteiger partial charge is 0.488 e. The highest BCUT2D eigenvalue weighted by Gasteiger charge is 2.18. The number of morpholine rings is 1. The second-order valence-electron chi connectivity index (χ2n) is 9.22. The van der Waals surface area contributed by atoms with Crippen molar-refractivity contribution < 1.29 is 23.8 Å². The van der Waals surface area contributed by atoms with E-state index < -0.39 is 0 Å². The van der Waals surface area contributed by atoms with Crippen molar-refractivity contribution in [2.24, 2.45) is 0 Å². The van der Waals surface area contributed by atoms with Crippen molar-refractivity contribution in [1.82, 2.24) is 0 Å². The normalized spacial score (nSPS) is 17.3. The summed E-state index contributed by atoms with van der Waals surface area (Å²) in [6, 6.07) is 20.1. The molecular weight excluding hydrogens is 470 g/mol. The lowest BCUT2D eigenvalue weighted by Gasteiger charge is -2.29. The van der Waals surface area contributed by atoms with Crippen LogP contribution in [0.1, 0.15) is 32.7 Å². The van der Waals surface area contributed by atoms with E-state index in [1.54, 1.807) is 36.4 Å². The Labute approximate surface area is 216 Å². The topological polar surface area (TPSA) is 89.1 Å². The maximum Gasteiger partial charge on any atom is 0.255 e. The Hall–Kier alpha value is -3.88. The van der Waals surface area contributed by atoms with Crippen molar-refractivity contribution >= 4 is 28.9 Å². The zero-order valence-corrected chi connectivity index (χ0v) is 20.9. The quantitative estimate of drug-likeness (QED) is 0.496. The molecule has 2 aliphatic heterocycles. The molecule has 2 amide bonds. The number of rotatable bonds is 7. The third kappa shape index (κ3) is 6.28. The molecular formula is C29H31N3O5. The molecule has 0 aromatic heterocycles. The van der Waals surface area contributed by atoms with E-state index in [1.807, 2.05) is 37.3 Å². The first kappa shape index (κ1) is 24.8. The Morgan fingerprint density at radius 2 is 1.65 bits per heavy atom. The fraction of sp³-hybridized carbons (Fsp3) is 0.310. The van der Waals surface area contributed by atoms with Gasteiger partial charge in [-0.1, -0.05) is 12.1 Å². The van der Waals surface area contributed by atoms with Crippen LogP contribution in [0, 0.1) is 6.92 Å². The van der Waals surface area contributed by atoms with Gasteiger partial charge in [0.05, 0.1) is 26.4 Å². The summed E-state index contributed by atoms with van der Waals surface area (Å²) >= 11 is 0. The van der Waals surface area contributed by atoms with Crippen molar-refractivity contribution in [2.45, 2.75) is 19.4 Å². The second kappa shape index (κ2) is 11.5. The lowest BCUT2D eigenvalue weighted by molar-refractivity contribution is 0.101. The molecule has 8 nitrogen and oxygen atoms in total. The molecule has 2 heterocycles. The Balaban J connectivity index is 1.23. The molecule has 8 heteroatoms. The SMILES string of the molecule is Cc1ccc(NC(=O)c2cccc(N3CCOCC3)c2)cc1NC(=O)c1ccc(OC2CCOC2)cc1. The van der Waals surface area contributed by atoms with Crippen LogP contribution in [0.2, 0.25) is 0 Å². The van der Waals surface area contributed by atoms with E-state index in [0.29, 0.717) is 54.7 Å². The summed E-state index contributed by atoms with van der Waals surface area (Å²) < 4.78 is 16.6. The lowest BCUT2D eigenvalue weighted by atomic mass is 10.1. The fourth-order valence-electron chi connectivity index (χ4n) is 4.38. The molecule has 2 N–H and O–H groups in total. The van der Waals surface area contributed by atoms with Crippen molar-refractivity contribution in [1.29, 1.82) is 0 Å². The molecule has 2 aliphatic rings. The Bertz CT molecular complexity index is 1250. The van der Waals surface area contributed by atoms with E-state index in [2.05, 4.69) is 15.5 Å². The van der Waals surface area contributed by atoms with Gasteiger partial charge in [-0.2, -0.15) is 0 Å². The number of amides is 2. The summed E-state index contributed by atoms with van der Waals surface area (Å²) in [7, 11) is 0. The van der Waals surface area contributed by atoms with Gasteiger partial charge < -0.3 is 29.7 Å². The van der Waals surface area contributed by atoms with Gasteiger partial charge in [-0.05, 0) is 67.1 Å². The second-order valence-corrected chi connectivity index (χ2v) is 9.22. The van der Waals surface area contributed by atoms with Gasteiger partial charge in [-0.3, -0.25) is 9.59 Å². The number of ether oxygens (including phenoxy) is 3. The Morgan fingerprint density at radius 3 is 2.41 bits per heavy atom. The number of nitrogens with one attached hydrogen (secondary N) is 2. The number of hydrogen-bond acceptors (Lipinski definition) is 6. The van der Waals surface area contributed by atoms with Crippen LogP contribution in [-0.4, -0.2) is 57.4 Å². The zero-order valence-electron chi connectivity index (χ0n) is 20.9. The molecule has 3 aromatic carbocycles. The summed E-state index contributed by atoms with van der Waals surface area (Å²) in [6.45, 7) is 6.19.